The van der Waals surface area contributed by atoms with Gasteiger partial charge >= 0.3 is 12.0 Å². The summed E-state index contributed by atoms with van der Waals surface area (Å²) >= 11 is 3.33. The van der Waals surface area contributed by atoms with Crippen LogP contribution in [0, 0.1) is 6.92 Å². The number of carboxylic acids is 1. The van der Waals surface area contributed by atoms with Crippen LogP contribution in [-0.4, -0.2) is 35.0 Å². The Morgan fingerprint density at radius 2 is 1.83 bits per heavy atom. The van der Waals surface area contributed by atoms with Gasteiger partial charge in [0.1, 0.15) is 11.3 Å². The fourth-order valence-corrected chi connectivity index (χ4v) is 3.29. The fraction of sp³-hybridized carbons (Fsp3) is 0.143. The van der Waals surface area contributed by atoms with Gasteiger partial charge in [-0.1, -0.05) is 28.1 Å². The van der Waals surface area contributed by atoms with Gasteiger partial charge < -0.3 is 9.84 Å². The lowest BCUT2D eigenvalue weighted by atomic mass is 10.1. The van der Waals surface area contributed by atoms with E-state index in [1.54, 1.807) is 37.3 Å². The van der Waals surface area contributed by atoms with Crippen molar-refractivity contribution in [2.24, 2.45) is 0 Å². The summed E-state index contributed by atoms with van der Waals surface area (Å²) in [5.74, 6) is -2.31. The highest BCUT2D eigenvalue weighted by Crippen LogP contribution is 2.27. The van der Waals surface area contributed by atoms with E-state index in [2.05, 4.69) is 21.2 Å². The predicted molar refractivity (Wildman–Crippen MR) is 112 cm³/mol. The lowest BCUT2D eigenvalue weighted by Crippen LogP contribution is -2.54. The van der Waals surface area contributed by atoms with Crippen LogP contribution < -0.4 is 15.0 Å². The third-order valence-corrected chi connectivity index (χ3v) is 4.85. The Balaban J connectivity index is 1.90. The second-order valence-corrected chi connectivity index (χ2v) is 7.47. The van der Waals surface area contributed by atoms with Gasteiger partial charge in [0.25, 0.3) is 11.8 Å². The standard InChI is InChI=1S/C21H17BrN2O6/c1-11-9-14(22)5-8-17(11)24-19(26)16(18(25)23-21(24)29)10-13-3-6-15(7-4-13)30-12(2)20(27)28/h3-10,12H,1-2H3,(H,27,28)(H,23,25,29)/b16-10+/t12-/m0/s1. The molecule has 1 saturated heterocycles. The number of hydrogen-bond donors (Lipinski definition) is 2. The zero-order valence-electron chi connectivity index (χ0n) is 16.0. The Hall–Kier alpha value is -3.46. The molecule has 0 spiro atoms. The van der Waals surface area contributed by atoms with Gasteiger partial charge in [0.15, 0.2) is 6.10 Å². The number of barbiturate groups is 1. The molecule has 2 aromatic rings. The van der Waals surface area contributed by atoms with Gasteiger partial charge in [-0.15, -0.1) is 0 Å². The summed E-state index contributed by atoms with van der Waals surface area (Å²) in [5.41, 5.74) is 1.34. The average molecular weight is 473 g/mol. The van der Waals surface area contributed by atoms with Crippen molar-refractivity contribution in [1.82, 2.24) is 5.32 Å². The number of anilines is 1. The molecule has 1 aliphatic rings. The Kier molecular flexibility index (Phi) is 6.02. The Morgan fingerprint density at radius 1 is 1.17 bits per heavy atom. The molecule has 1 aliphatic heterocycles. The third kappa shape index (κ3) is 4.41. The summed E-state index contributed by atoms with van der Waals surface area (Å²) in [5, 5.41) is 11.1. The van der Waals surface area contributed by atoms with Crippen LogP contribution in [-0.2, 0) is 14.4 Å². The van der Waals surface area contributed by atoms with Gasteiger partial charge in [-0.2, -0.15) is 0 Å². The minimum Gasteiger partial charge on any atom is -0.479 e. The van der Waals surface area contributed by atoms with Crippen LogP contribution in [0.15, 0.2) is 52.5 Å². The molecular formula is C21H17BrN2O6. The third-order valence-electron chi connectivity index (χ3n) is 4.35. The molecule has 3 rings (SSSR count). The van der Waals surface area contributed by atoms with E-state index in [-0.39, 0.29) is 5.57 Å². The van der Waals surface area contributed by atoms with E-state index in [1.165, 1.54) is 25.1 Å². The van der Waals surface area contributed by atoms with Crippen LogP contribution in [0.5, 0.6) is 5.75 Å². The molecule has 0 aliphatic carbocycles. The second kappa shape index (κ2) is 8.50. The van der Waals surface area contributed by atoms with Gasteiger partial charge in [0.05, 0.1) is 5.69 Å². The normalized spacial score (nSPS) is 16.4. The maximum Gasteiger partial charge on any atom is 0.344 e. The number of carbonyl (C=O) groups excluding carboxylic acids is 3. The number of urea groups is 1. The highest BCUT2D eigenvalue weighted by atomic mass is 79.9. The first kappa shape index (κ1) is 21.3. The first-order chi connectivity index (χ1) is 14.2. The topological polar surface area (TPSA) is 113 Å². The Morgan fingerprint density at radius 3 is 2.43 bits per heavy atom. The molecule has 154 valence electrons. The lowest BCUT2D eigenvalue weighted by molar-refractivity contribution is -0.144. The molecule has 0 bridgehead atoms. The van der Waals surface area contributed by atoms with Crippen LogP contribution in [0.4, 0.5) is 10.5 Å². The van der Waals surface area contributed by atoms with Crippen LogP contribution in [0.3, 0.4) is 0 Å². The zero-order valence-corrected chi connectivity index (χ0v) is 17.6. The second-order valence-electron chi connectivity index (χ2n) is 6.56. The predicted octanol–water partition coefficient (Wildman–Crippen LogP) is 3.28. The van der Waals surface area contributed by atoms with Crippen molar-refractivity contribution in [3.63, 3.8) is 0 Å². The molecule has 4 amide bonds. The summed E-state index contributed by atoms with van der Waals surface area (Å²) in [4.78, 5) is 49.3. The number of amides is 4. The van der Waals surface area contributed by atoms with E-state index in [0.717, 1.165) is 9.37 Å². The van der Waals surface area contributed by atoms with Crippen molar-refractivity contribution < 1.29 is 29.0 Å². The molecule has 9 heteroatoms. The molecule has 30 heavy (non-hydrogen) atoms. The molecule has 1 heterocycles. The number of rotatable bonds is 5. The van der Waals surface area contributed by atoms with E-state index in [0.29, 0.717) is 22.6 Å². The summed E-state index contributed by atoms with van der Waals surface area (Å²) in [6, 6.07) is 10.4. The summed E-state index contributed by atoms with van der Waals surface area (Å²) in [7, 11) is 0. The maximum atomic E-state index is 12.9. The van der Waals surface area contributed by atoms with Crippen LogP contribution >= 0.6 is 15.9 Å². The molecule has 1 fully saturated rings. The fourth-order valence-electron chi connectivity index (χ4n) is 2.81. The first-order valence-electron chi connectivity index (χ1n) is 8.84. The number of hydrogen-bond acceptors (Lipinski definition) is 5. The van der Waals surface area contributed by atoms with Gasteiger partial charge in [-0.3, -0.25) is 14.9 Å². The molecule has 8 nitrogen and oxygen atoms in total. The summed E-state index contributed by atoms with van der Waals surface area (Å²) in [6.07, 6.45) is 0.337. The van der Waals surface area contributed by atoms with Gasteiger partial charge in [0, 0.05) is 4.47 Å². The molecule has 0 aromatic heterocycles. The number of imide groups is 2. The molecular weight excluding hydrogens is 456 g/mol. The Labute approximate surface area is 180 Å². The number of carbonyl (C=O) groups is 4. The monoisotopic (exact) mass is 472 g/mol. The summed E-state index contributed by atoms with van der Waals surface area (Å²) < 4.78 is 6.04. The highest BCUT2D eigenvalue weighted by molar-refractivity contribution is 9.10. The van der Waals surface area contributed by atoms with E-state index in [4.69, 9.17) is 9.84 Å². The molecule has 0 radical (unpaired) electrons. The number of carboxylic acid groups (broad SMARTS) is 1. The number of ether oxygens (including phenoxy) is 1. The van der Waals surface area contributed by atoms with Gasteiger partial charge in [-0.25, -0.2) is 14.5 Å². The lowest BCUT2D eigenvalue weighted by Gasteiger charge is -2.27. The van der Waals surface area contributed by atoms with E-state index in [9.17, 15) is 19.2 Å². The SMILES string of the molecule is Cc1cc(Br)ccc1N1C(=O)NC(=O)/C(=C\c2ccc(O[C@@H](C)C(=O)O)cc2)C1=O. The number of nitrogens with one attached hydrogen (secondary N) is 1. The maximum absolute atomic E-state index is 12.9. The number of benzene rings is 2. The molecule has 0 unspecified atom stereocenters. The molecule has 1 atom stereocenters. The van der Waals surface area contributed by atoms with Crippen molar-refractivity contribution in [2.45, 2.75) is 20.0 Å². The highest BCUT2D eigenvalue weighted by Gasteiger charge is 2.37. The number of aryl methyl sites for hydroxylation is 1. The zero-order chi connectivity index (χ0) is 22.0. The van der Waals surface area contributed by atoms with E-state index < -0.39 is 29.9 Å². The van der Waals surface area contributed by atoms with Gasteiger partial charge in [0.2, 0.25) is 0 Å². The number of aliphatic carboxylic acids is 1. The number of nitrogens with zero attached hydrogens (tertiary/aromatic N) is 1. The van der Waals surface area contributed by atoms with E-state index in [1.807, 2.05) is 0 Å². The van der Waals surface area contributed by atoms with Crippen molar-refractivity contribution in [3.8, 4) is 5.75 Å². The van der Waals surface area contributed by atoms with Crippen LogP contribution in [0.25, 0.3) is 6.08 Å². The van der Waals surface area contributed by atoms with Crippen LogP contribution in [0.2, 0.25) is 0 Å². The van der Waals surface area contributed by atoms with Crippen molar-refractivity contribution in [1.29, 1.82) is 0 Å². The average Bonchev–Trinajstić information content (AvgIpc) is 2.67. The van der Waals surface area contributed by atoms with Crippen molar-refractivity contribution in [3.05, 3.63) is 63.6 Å². The van der Waals surface area contributed by atoms with Gasteiger partial charge in [-0.05, 0) is 61.4 Å². The summed E-state index contributed by atoms with van der Waals surface area (Å²) in [6.45, 7) is 3.15. The first-order valence-corrected chi connectivity index (χ1v) is 9.64. The Bertz CT molecular complexity index is 1080. The molecule has 0 saturated carbocycles. The molecule has 2 N–H and O–H groups in total. The van der Waals surface area contributed by atoms with Crippen molar-refractivity contribution >= 4 is 51.5 Å². The van der Waals surface area contributed by atoms with E-state index >= 15 is 0 Å². The molecule has 2 aromatic carbocycles. The van der Waals surface area contributed by atoms with Crippen molar-refractivity contribution in [2.75, 3.05) is 4.90 Å². The minimum absolute atomic E-state index is 0.204. The number of halogens is 1. The van der Waals surface area contributed by atoms with Crippen LogP contribution in [0.1, 0.15) is 18.1 Å². The largest absolute Gasteiger partial charge is 0.479 e. The minimum atomic E-state index is -1.10. The quantitative estimate of drug-likeness (QED) is 0.509. The smallest absolute Gasteiger partial charge is 0.344 e.